The first-order valence-electron chi connectivity index (χ1n) is 11.0. The number of anilines is 1. The van der Waals surface area contributed by atoms with Crippen molar-refractivity contribution in [2.24, 2.45) is 0 Å². The fourth-order valence-electron chi connectivity index (χ4n) is 4.48. The van der Waals surface area contributed by atoms with Gasteiger partial charge in [-0.1, -0.05) is 30.3 Å². The van der Waals surface area contributed by atoms with Gasteiger partial charge in [-0.05, 0) is 57.0 Å². The molecule has 0 radical (unpaired) electrons. The summed E-state index contributed by atoms with van der Waals surface area (Å²) in [5.74, 6) is -0.264. The van der Waals surface area contributed by atoms with E-state index in [-0.39, 0.29) is 30.4 Å². The quantitative estimate of drug-likeness (QED) is 0.669. The number of carbonyl (C=O) groups is 2. The summed E-state index contributed by atoms with van der Waals surface area (Å²) in [6, 6.07) is 15.1. The Bertz CT molecular complexity index is 1160. The van der Waals surface area contributed by atoms with Crippen molar-refractivity contribution < 1.29 is 14.3 Å². The monoisotopic (exact) mass is 431 g/mol. The van der Waals surface area contributed by atoms with Crippen LogP contribution in [-0.4, -0.2) is 47.0 Å². The third-order valence-corrected chi connectivity index (χ3v) is 5.96. The van der Waals surface area contributed by atoms with Crippen LogP contribution in [0, 0.1) is 13.8 Å². The van der Waals surface area contributed by atoms with E-state index >= 15 is 0 Å². The predicted molar refractivity (Wildman–Crippen MR) is 126 cm³/mol. The molecule has 2 atom stereocenters. The molecule has 0 saturated carbocycles. The van der Waals surface area contributed by atoms with Gasteiger partial charge in [-0.15, -0.1) is 0 Å². The van der Waals surface area contributed by atoms with Crippen molar-refractivity contribution in [3.63, 3.8) is 0 Å². The van der Waals surface area contributed by atoms with Gasteiger partial charge in [-0.3, -0.25) is 14.6 Å². The maximum Gasteiger partial charge on any atom is 0.256 e. The van der Waals surface area contributed by atoms with Crippen LogP contribution in [0.4, 0.5) is 5.69 Å². The summed E-state index contributed by atoms with van der Waals surface area (Å²) in [7, 11) is 0. The van der Waals surface area contributed by atoms with Gasteiger partial charge in [0.2, 0.25) is 5.91 Å². The van der Waals surface area contributed by atoms with Crippen LogP contribution in [0.25, 0.3) is 10.9 Å². The molecule has 0 aliphatic carbocycles. The molecule has 1 aliphatic heterocycles. The van der Waals surface area contributed by atoms with Crippen LogP contribution in [0.15, 0.2) is 48.5 Å². The number of nitrogens with zero attached hydrogens (tertiary/aromatic N) is 2. The Hall–Kier alpha value is -3.25. The molecular weight excluding hydrogens is 402 g/mol. The third-order valence-electron chi connectivity index (χ3n) is 5.96. The molecule has 1 N–H and O–H groups in total. The van der Waals surface area contributed by atoms with Crippen molar-refractivity contribution in [2.75, 3.05) is 18.4 Å². The van der Waals surface area contributed by atoms with Crippen LogP contribution in [0.3, 0.4) is 0 Å². The number of aryl methyl sites for hydroxylation is 2. The lowest BCUT2D eigenvalue weighted by molar-refractivity contribution is -0.115. The number of pyridine rings is 1. The number of nitrogens with one attached hydrogen (secondary N) is 1. The number of para-hydroxylation sites is 2. The minimum absolute atomic E-state index is 0.0178. The summed E-state index contributed by atoms with van der Waals surface area (Å²) < 4.78 is 5.75. The van der Waals surface area contributed by atoms with Gasteiger partial charge in [-0.2, -0.15) is 0 Å². The predicted octanol–water partition coefficient (Wildman–Crippen LogP) is 4.28. The normalized spacial score (nSPS) is 18.6. The van der Waals surface area contributed by atoms with Crippen LogP contribution in [0.5, 0.6) is 0 Å². The molecule has 166 valence electrons. The number of hydrogen-bond donors (Lipinski definition) is 1. The molecule has 1 aliphatic rings. The van der Waals surface area contributed by atoms with Crippen molar-refractivity contribution in [1.29, 1.82) is 0 Å². The number of hydrogen-bond acceptors (Lipinski definition) is 4. The van der Waals surface area contributed by atoms with E-state index in [4.69, 9.17) is 4.74 Å². The lowest BCUT2D eigenvalue weighted by Gasteiger charge is -2.35. The van der Waals surface area contributed by atoms with Gasteiger partial charge in [0.15, 0.2) is 0 Å². The number of carbonyl (C=O) groups excluding carboxylic acids is 2. The highest BCUT2D eigenvalue weighted by Crippen LogP contribution is 2.24. The highest BCUT2D eigenvalue weighted by atomic mass is 16.5. The first-order valence-corrected chi connectivity index (χ1v) is 11.0. The molecule has 1 aromatic heterocycles. The van der Waals surface area contributed by atoms with E-state index in [1.165, 1.54) is 0 Å². The number of morpholine rings is 1. The number of ether oxygens (including phenoxy) is 1. The SMILES string of the molecule is Cc1nc2ccccc2c(C)c1CC(=O)Nc1ccccc1C(=O)N1C[C@@H](C)O[C@@H](C)C1. The van der Waals surface area contributed by atoms with Crippen LogP contribution in [0.2, 0.25) is 0 Å². The minimum atomic E-state index is -0.169. The summed E-state index contributed by atoms with van der Waals surface area (Å²) in [6.45, 7) is 8.95. The van der Waals surface area contributed by atoms with Gasteiger partial charge in [0.05, 0.1) is 35.4 Å². The van der Waals surface area contributed by atoms with Gasteiger partial charge in [-0.25, -0.2) is 0 Å². The highest BCUT2D eigenvalue weighted by Gasteiger charge is 2.28. The smallest absolute Gasteiger partial charge is 0.256 e. The highest BCUT2D eigenvalue weighted by molar-refractivity contribution is 6.04. The number of rotatable bonds is 4. The second kappa shape index (κ2) is 9.09. The number of aromatic nitrogens is 1. The van der Waals surface area contributed by atoms with E-state index in [1.807, 2.05) is 64.1 Å². The van der Waals surface area contributed by atoms with Crippen molar-refractivity contribution in [3.05, 3.63) is 70.9 Å². The van der Waals surface area contributed by atoms with Crippen molar-refractivity contribution in [3.8, 4) is 0 Å². The molecule has 0 spiro atoms. The number of benzene rings is 2. The van der Waals surface area contributed by atoms with E-state index < -0.39 is 0 Å². The number of amides is 2. The Morgan fingerprint density at radius 2 is 1.69 bits per heavy atom. The van der Waals surface area contributed by atoms with Gasteiger partial charge >= 0.3 is 0 Å². The first kappa shape index (κ1) is 22.0. The molecule has 3 aromatic rings. The summed E-state index contributed by atoms with van der Waals surface area (Å²) in [6.07, 6.45) is 0.163. The Morgan fingerprint density at radius 1 is 1.03 bits per heavy atom. The Kier molecular flexibility index (Phi) is 6.24. The van der Waals surface area contributed by atoms with Gasteiger partial charge in [0.25, 0.3) is 5.91 Å². The maximum absolute atomic E-state index is 13.2. The zero-order chi connectivity index (χ0) is 22.8. The molecule has 6 nitrogen and oxygen atoms in total. The molecule has 4 rings (SSSR count). The molecular formula is C26H29N3O3. The van der Waals surface area contributed by atoms with Crippen LogP contribution in [-0.2, 0) is 16.0 Å². The fraction of sp³-hybridized carbons (Fsp3) is 0.346. The molecule has 0 unspecified atom stereocenters. The second-order valence-electron chi connectivity index (χ2n) is 8.56. The number of fused-ring (bicyclic) bond motifs is 1. The van der Waals surface area contributed by atoms with Crippen molar-refractivity contribution >= 4 is 28.4 Å². The van der Waals surface area contributed by atoms with E-state index in [0.717, 1.165) is 27.7 Å². The van der Waals surface area contributed by atoms with E-state index in [9.17, 15) is 9.59 Å². The lowest BCUT2D eigenvalue weighted by atomic mass is 9.99. The molecule has 2 aromatic carbocycles. The zero-order valence-electron chi connectivity index (χ0n) is 19.0. The summed E-state index contributed by atoms with van der Waals surface area (Å²) in [4.78, 5) is 32.7. The van der Waals surface area contributed by atoms with Crippen LogP contribution >= 0.6 is 0 Å². The minimum Gasteiger partial charge on any atom is -0.372 e. The first-order chi connectivity index (χ1) is 15.3. The average molecular weight is 432 g/mol. The third kappa shape index (κ3) is 4.50. The van der Waals surface area contributed by atoms with E-state index in [2.05, 4.69) is 10.3 Å². The average Bonchev–Trinajstić information content (AvgIpc) is 2.76. The van der Waals surface area contributed by atoms with Gasteiger partial charge in [0.1, 0.15) is 0 Å². The Morgan fingerprint density at radius 3 is 2.44 bits per heavy atom. The standard InChI is InChI=1S/C26H29N3O3/c1-16-14-29(15-17(2)32-16)26(31)21-10-6-8-12-24(21)28-25(30)13-22-18(3)20-9-5-7-11-23(20)27-19(22)4/h5-12,16-17H,13-15H2,1-4H3,(H,28,30)/t16-,17+. The summed E-state index contributed by atoms with van der Waals surface area (Å²) in [5.41, 5.74) is 4.77. The fourth-order valence-corrected chi connectivity index (χ4v) is 4.48. The molecule has 2 heterocycles. The van der Waals surface area contributed by atoms with Gasteiger partial charge in [0, 0.05) is 24.2 Å². The molecule has 1 fully saturated rings. The Balaban J connectivity index is 1.55. The van der Waals surface area contributed by atoms with Crippen LogP contribution in [0.1, 0.15) is 41.0 Å². The van der Waals surface area contributed by atoms with Gasteiger partial charge < -0.3 is 15.0 Å². The van der Waals surface area contributed by atoms with E-state index in [0.29, 0.717) is 24.3 Å². The largest absolute Gasteiger partial charge is 0.372 e. The second-order valence-corrected chi connectivity index (χ2v) is 8.56. The molecule has 2 amide bonds. The van der Waals surface area contributed by atoms with Crippen molar-refractivity contribution in [2.45, 2.75) is 46.3 Å². The maximum atomic E-state index is 13.2. The topological polar surface area (TPSA) is 71.5 Å². The summed E-state index contributed by atoms with van der Waals surface area (Å²) in [5, 5.41) is 4.01. The molecule has 6 heteroatoms. The lowest BCUT2D eigenvalue weighted by Crippen LogP contribution is -2.48. The molecule has 32 heavy (non-hydrogen) atoms. The van der Waals surface area contributed by atoms with Crippen LogP contribution < -0.4 is 5.32 Å². The molecule has 0 bridgehead atoms. The van der Waals surface area contributed by atoms with E-state index in [1.54, 1.807) is 17.0 Å². The van der Waals surface area contributed by atoms with Crippen molar-refractivity contribution in [1.82, 2.24) is 9.88 Å². The Labute approximate surface area is 188 Å². The molecule has 1 saturated heterocycles. The summed E-state index contributed by atoms with van der Waals surface area (Å²) >= 11 is 0. The zero-order valence-corrected chi connectivity index (χ0v) is 19.0.